The number of nitrogen functional groups attached to an aromatic ring is 1. The van der Waals surface area contributed by atoms with Crippen molar-refractivity contribution in [1.29, 1.82) is 0 Å². The molecule has 0 saturated carbocycles. The molecule has 0 atom stereocenters. The SMILES string of the molecule is Cc1ccc(N)cc1NC(=O)CCNC(=O)N(C)Cc1ccccc1. The van der Waals surface area contributed by atoms with E-state index in [4.69, 9.17) is 5.73 Å². The molecule has 2 aromatic rings. The molecule has 0 aliphatic rings. The quantitative estimate of drug-likeness (QED) is 0.707. The molecule has 2 aromatic carbocycles. The van der Waals surface area contributed by atoms with E-state index in [0.29, 0.717) is 17.9 Å². The van der Waals surface area contributed by atoms with Crippen molar-refractivity contribution in [2.24, 2.45) is 0 Å². The van der Waals surface area contributed by atoms with Gasteiger partial charge in [-0.2, -0.15) is 0 Å². The number of aryl methyl sites for hydroxylation is 1. The van der Waals surface area contributed by atoms with Gasteiger partial charge in [0.25, 0.3) is 0 Å². The Morgan fingerprint density at radius 2 is 1.84 bits per heavy atom. The molecule has 0 aliphatic carbocycles. The predicted octanol–water partition coefficient (Wildman–Crippen LogP) is 2.75. The molecule has 6 nitrogen and oxygen atoms in total. The van der Waals surface area contributed by atoms with Crippen molar-refractivity contribution in [3.8, 4) is 0 Å². The van der Waals surface area contributed by atoms with Crippen molar-refractivity contribution in [2.45, 2.75) is 19.9 Å². The van der Waals surface area contributed by atoms with E-state index in [-0.39, 0.29) is 24.9 Å². The van der Waals surface area contributed by atoms with Gasteiger partial charge in [-0.05, 0) is 30.2 Å². The Bertz CT molecular complexity index is 731. The molecule has 6 heteroatoms. The molecule has 3 amide bonds. The summed E-state index contributed by atoms with van der Waals surface area (Å²) in [7, 11) is 1.72. The Balaban J connectivity index is 1.75. The van der Waals surface area contributed by atoms with Crippen molar-refractivity contribution >= 4 is 23.3 Å². The lowest BCUT2D eigenvalue weighted by Crippen LogP contribution is -2.38. The molecule has 0 aromatic heterocycles. The maximum absolute atomic E-state index is 12.1. The van der Waals surface area contributed by atoms with E-state index in [0.717, 1.165) is 11.1 Å². The molecule has 2 rings (SSSR count). The largest absolute Gasteiger partial charge is 0.399 e. The molecule has 25 heavy (non-hydrogen) atoms. The van der Waals surface area contributed by atoms with Gasteiger partial charge in [-0.25, -0.2) is 4.79 Å². The first-order valence-electron chi connectivity index (χ1n) is 8.14. The first-order chi connectivity index (χ1) is 12.0. The van der Waals surface area contributed by atoms with E-state index < -0.39 is 0 Å². The van der Waals surface area contributed by atoms with Crippen LogP contribution in [0, 0.1) is 6.92 Å². The van der Waals surface area contributed by atoms with Crippen LogP contribution >= 0.6 is 0 Å². The average Bonchev–Trinajstić information content (AvgIpc) is 2.59. The predicted molar refractivity (Wildman–Crippen MR) is 100 cm³/mol. The van der Waals surface area contributed by atoms with Crippen LogP contribution in [0.2, 0.25) is 0 Å². The molecule has 0 radical (unpaired) electrons. The fourth-order valence-electron chi connectivity index (χ4n) is 2.33. The minimum absolute atomic E-state index is 0.167. The smallest absolute Gasteiger partial charge is 0.317 e. The second kappa shape index (κ2) is 8.73. The Morgan fingerprint density at radius 3 is 2.56 bits per heavy atom. The van der Waals surface area contributed by atoms with Crippen LogP contribution in [-0.2, 0) is 11.3 Å². The highest BCUT2D eigenvalue weighted by Crippen LogP contribution is 2.18. The average molecular weight is 340 g/mol. The van der Waals surface area contributed by atoms with Crippen molar-refractivity contribution in [2.75, 3.05) is 24.6 Å². The van der Waals surface area contributed by atoms with Crippen LogP contribution < -0.4 is 16.4 Å². The number of urea groups is 1. The molecule has 0 bridgehead atoms. The van der Waals surface area contributed by atoms with E-state index in [9.17, 15) is 9.59 Å². The third-order valence-electron chi connectivity index (χ3n) is 3.77. The van der Waals surface area contributed by atoms with Crippen molar-refractivity contribution in [1.82, 2.24) is 10.2 Å². The molecule has 0 spiro atoms. The van der Waals surface area contributed by atoms with Crippen LogP contribution in [0.4, 0.5) is 16.2 Å². The number of hydrogen-bond donors (Lipinski definition) is 3. The van der Waals surface area contributed by atoms with E-state index in [1.807, 2.05) is 43.3 Å². The molecule has 0 heterocycles. The first-order valence-corrected chi connectivity index (χ1v) is 8.14. The number of hydrogen-bond acceptors (Lipinski definition) is 3. The number of benzene rings is 2. The fourth-order valence-corrected chi connectivity index (χ4v) is 2.33. The summed E-state index contributed by atoms with van der Waals surface area (Å²) >= 11 is 0. The van der Waals surface area contributed by atoms with Crippen LogP contribution in [0.15, 0.2) is 48.5 Å². The van der Waals surface area contributed by atoms with Gasteiger partial charge >= 0.3 is 6.03 Å². The molecule has 4 N–H and O–H groups in total. The molecule has 0 fully saturated rings. The minimum Gasteiger partial charge on any atom is -0.399 e. The summed E-state index contributed by atoms with van der Waals surface area (Å²) in [6.45, 7) is 2.68. The Labute approximate surface area is 148 Å². The highest BCUT2D eigenvalue weighted by atomic mass is 16.2. The van der Waals surface area contributed by atoms with Crippen molar-refractivity contribution in [3.63, 3.8) is 0 Å². The van der Waals surface area contributed by atoms with Crippen LogP contribution in [-0.4, -0.2) is 30.4 Å². The topological polar surface area (TPSA) is 87.5 Å². The van der Waals surface area contributed by atoms with Gasteiger partial charge in [0.05, 0.1) is 0 Å². The van der Waals surface area contributed by atoms with Gasteiger partial charge in [0, 0.05) is 37.9 Å². The maximum atomic E-state index is 12.1. The lowest BCUT2D eigenvalue weighted by molar-refractivity contribution is -0.116. The van der Waals surface area contributed by atoms with Gasteiger partial charge < -0.3 is 21.3 Å². The molecule has 0 unspecified atom stereocenters. The molecular formula is C19H24N4O2. The normalized spacial score (nSPS) is 10.2. The van der Waals surface area contributed by atoms with Crippen molar-refractivity contribution in [3.05, 3.63) is 59.7 Å². The van der Waals surface area contributed by atoms with Crippen LogP contribution in [0.1, 0.15) is 17.5 Å². The summed E-state index contributed by atoms with van der Waals surface area (Å²) in [6, 6.07) is 14.9. The monoisotopic (exact) mass is 340 g/mol. The number of nitrogens with one attached hydrogen (secondary N) is 2. The number of nitrogens with zero attached hydrogens (tertiary/aromatic N) is 1. The summed E-state index contributed by atoms with van der Waals surface area (Å²) in [6.07, 6.45) is 0.194. The lowest BCUT2D eigenvalue weighted by Gasteiger charge is -2.18. The maximum Gasteiger partial charge on any atom is 0.317 e. The van der Waals surface area contributed by atoms with E-state index >= 15 is 0 Å². The van der Waals surface area contributed by atoms with Crippen molar-refractivity contribution < 1.29 is 9.59 Å². The third kappa shape index (κ3) is 5.84. The van der Waals surface area contributed by atoms with Gasteiger partial charge in [-0.3, -0.25) is 4.79 Å². The van der Waals surface area contributed by atoms with E-state index in [1.165, 1.54) is 0 Å². The van der Waals surface area contributed by atoms with E-state index in [1.54, 1.807) is 24.1 Å². The summed E-state index contributed by atoms with van der Waals surface area (Å²) in [4.78, 5) is 25.6. The Kier molecular flexibility index (Phi) is 6.39. The third-order valence-corrected chi connectivity index (χ3v) is 3.77. The van der Waals surface area contributed by atoms with Crippen LogP contribution in [0.5, 0.6) is 0 Å². The number of amides is 3. The molecule has 132 valence electrons. The summed E-state index contributed by atoms with van der Waals surface area (Å²) in [5.74, 6) is -0.167. The number of nitrogens with two attached hydrogens (primary N) is 1. The van der Waals surface area contributed by atoms with Gasteiger partial charge in [0.15, 0.2) is 0 Å². The lowest BCUT2D eigenvalue weighted by atomic mass is 10.2. The number of anilines is 2. The van der Waals surface area contributed by atoms with Gasteiger partial charge in [0.2, 0.25) is 5.91 Å². The standard InChI is InChI=1S/C19H24N4O2/c1-14-8-9-16(20)12-17(14)22-18(24)10-11-21-19(25)23(2)13-15-6-4-3-5-7-15/h3-9,12H,10-11,13,20H2,1-2H3,(H,21,25)(H,22,24). The summed E-state index contributed by atoms with van der Waals surface area (Å²) in [5, 5.41) is 5.56. The van der Waals surface area contributed by atoms with Crippen LogP contribution in [0.3, 0.4) is 0 Å². The Morgan fingerprint density at radius 1 is 1.12 bits per heavy atom. The Hall–Kier alpha value is -3.02. The second-order valence-corrected chi connectivity index (χ2v) is 5.95. The number of carbonyl (C=O) groups excluding carboxylic acids is 2. The zero-order valence-corrected chi connectivity index (χ0v) is 14.6. The fraction of sp³-hybridized carbons (Fsp3) is 0.263. The second-order valence-electron chi connectivity index (χ2n) is 5.95. The van der Waals surface area contributed by atoms with Gasteiger partial charge in [-0.1, -0.05) is 36.4 Å². The summed E-state index contributed by atoms with van der Waals surface area (Å²) < 4.78 is 0. The van der Waals surface area contributed by atoms with Crippen LogP contribution in [0.25, 0.3) is 0 Å². The minimum atomic E-state index is -0.211. The summed E-state index contributed by atoms with van der Waals surface area (Å²) in [5.41, 5.74) is 9.00. The molecule has 0 saturated heterocycles. The highest BCUT2D eigenvalue weighted by molar-refractivity contribution is 5.92. The zero-order valence-electron chi connectivity index (χ0n) is 14.6. The number of carbonyl (C=O) groups is 2. The highest BCUT2D eigenvalue weighted by Gasteiger charge is 2.10. The molecular weight excluding hydrogens is 316 g/mol. The van der Waals surface area contributed by atoms with Gasteiger partial charge in [-0.15, -0.1) is 0 Å². The van der Waals surface area contributed by atoms with E-state index in [2.05, 4.69) is 10.6 Å². The molecule has 0 aliphatic heterocycles. The zero-order chi connectivity index (χ0) is 18.2. The number of rotatable bonds is 6. The first kappa shape index (κ1) is 18.3. The van der Waals surface area contributed by atoms with Gasteiger partial charge in [0.1, 0.15) is 0 Å².